The monoisotopic (exact) mass is 518 g/mol. The summed E-state index contributed by atoms with van der Waals surface area (Å²) < 4.78 is 17.9. The molecule has 0 spiro atoms. The minimum Gasteiger partial charge on any atom is -0.494 e. The van der Waals surface area contributed by atoms with Crippen LogP contribution in [-0.2, 0) is 22.6 Å². The van der Waals surface area contributed by atoms with Gasteiger partial charge in [-0.2, -0.15) is 0 Å². The highest BCUT2D eigenvalue weighted by atomic mass is 16.5. The van der Waals surface area contributed by atoms with Gasteiger partial charge in [-0.1, -0.05) is 74.6 Å². The summed E-state index contributed by atoms with van der Waals surface area (Å²) in [5.74, 6) is 1.59. The minimum atomic E-state index is -0.141. The molecule has 0 saturated carbocycles. The Morgan fingerprint density at radius 2 is 1.16 bits per heavy atom. The average molecular weight is 519 g/mol. The predicted molar refractivity (Wildman–Crippen MR) is 156 cm³/mol. The van der Waals surface area contributed by atoms with Crippen molar-refractivity contribution in [2.75, 3.05) is 34.4 Å². The van der Waals surface area contributed by atoms with Gasteiger partial charge in [0, 0.05) is 0 Å². The Morgan fingerprint density at radius 1 is 0.605 bits per heavy atom. The van der Waals surface area contributed by atoms with Crippen LogP contribution in [0.25, 0.3) is 0 Å². The second-order valence-corrected chi connectivity index (χ2v) is 10.6. The number of carbonyl (C=O) groups is 1. The van der Waals surface area contributed by atoms with E-state index in [0.29, 0.717) is 19.6 Å². The Morgan fingerprint density at radius 3 is 1.76 bits per heavy atom. The van der Waals surface area contributed by atoms with E-state index in [4.69, 9.17) is 14.2 Å². The topological polar surface area (TPSA) is 44.8 Å². The highest BCUT2D eigenvalue weighted by Crippen LogP contribution is 2.20. The zero-order valence-electron chi connectivity index (χ0n) is 23.4. The number of ether oxygens (including phenoxy) is 3. The lowest BCUT2D eigenvalue weighted by Gasteiger charge is -2.23. The van der Waals surface area contributed by atoms with Gasteiger partial charge in [-0.3, -0.25) is 9.28 Å². The van der Waals surface area contributed by atoms with Crippen LogP contribution in [0.3, 0.4) is 0 Å². The first-order valence-electron chi connectivity index (χ1n) is 13.9. The number of quaternary nitrogens is 1. The van der Waals surface area contributed by atoms with Gasteiger partial charge in [0.25, 0.3) is 0 Å². The largest absolute Gasteiger partial charge is 0.494 e. The maximum atomic E-state index is 12.1. The first-order valence-corrected chi connectivity index (χ1v) is 13.9. The lowest BCUT2D eigenvalue weighted by atomic mass is 10.1. The smallest absolute Gasteiger partial charge is 0.310 e. The average Bonchev–Trinajstić information content (AvgIpc) is 2.91. The molecule has 0 aliphatic heterocycles. The van der Waals surface area contributed by atoms with Crippen molar-refractivity contribution in [2.24, 2.45) is 0 Å². The Balaban J connectivity index is 1.14. The molecule has 3 aromatic carbocycles. The van der Waals surface area contributed by atoms with Gasteiger partial charge in [-0.25, -0.2) is 0 Å². The normalized spacial score (nSPS) is 11.2. The molecule has 0 heterocycles. The van der Waals surface area contributed by atoms with Crippen LogP contribution >= 0.6 is 0 Å². The lowest BCUT2D eigenvalue weighted by molar-refractivity contribution is -0.142. The van der Waals surface area contributed by atoms with Gasteiger partial charge in [0.1, 0.15) is 23.8 Å². The van der Waals surface area contributed by atoms with Gasteiger partial charge in [-0.05, 0) is 60.4 Å². The molecule has 0 amide bonds. The van der Waals surface area contributed by atoms with Gasteiger partial charge in [0.05, 0.1) is 40.8 Å². The summed E-state index contributed by atoms with van der Waals surface area (Å²) >= 11 is 0. The second-order valence-electron chi connectivity index (χ2n) is 10.6. The van der Waals surface area contributed by atoms with E-state index in [-0.39, 0.29) is 5.97 Å². The number of rotatable bonds is 17. The summed E-state index contributed by atoms with van der Waals surface area (Å²) in [5.41, 5.74) is 3.37. The first-order chi connectivity index (χ1) is 18.4. The SMILES string of the molecule is C[N+](C)(C)c1ccc(CC(=O)OCCCCCCCCCOc2ccc(OCc3ccccc3)cc2)cc1. The maximum Gasteiger partial charge on any atom is 0.310 e. The van der Waals surface area contributed by atoms with Crippen LogP contribution in [-0.4, -0.2) is 40.3 Å². The molecule has 0 N–H and O–H groups in total. The molecular weight excluding hydrogens is 474 g/mol. The molecule has 3 aromatic rings. The van der Waals surface area contributed by atoms with Crippen LogP contribution in [0.1, 0.15) is 56.1 Å². The van der Waals surface area contributed by atoms with Crippen LogP contribution < -0.4 is 14.0 Å². The van der Waals surface area contributed by atoms with Crippen molar-refractivity contribution in [1.82, 2.24) is 4.48 Å². The fourth-order valence-electron chi connectivity index (χ4n) is 4.12. The van der Waals surface area contributed by atoms with Crippen molar-refractivity contribution in [3.8, 4) is 11.5 Å². The molecule has 0 aliphatic carbocycles. The molecule has 0 unspecified atom stereocenters. The molecular formula is C33H44NO4+. The molecule has 5 nitrogen and oxygen atoms in total. The second kappa shape index (κ2) is 15.8. The van der Waals surface area contributed by atoms with Crippen LogP contribution in [0.4, 0.5) is 5.69 Å². The lowest BCUT2D eigenvalue weighted by Crippen LogP contribution is -2.34. The molecule has 0 fully saturated rings. The predicted octanol–water partition coefficient (Wildman–Crippen LogP) is 7.36. The van der Waals surface area contributed by atoms with Gasteiger partial charge < -0.3 is 14.2 Å². The standard InChI is InChI=1S/C33H44NO4/c1-34(2,3)30-18-16-28(17-19-30)26-33(35)37-25-13-8-6-4-5-7-12-24-36-31-20-22-32(23-21-31)38-27-29-14-10-9-11-15-29/h9-11,14-23H,4-8,12-13,24-27H2,1-3H3/q+1. The van der Waals surface area contributed by atoms with Gasteiger partial charge in [0.2, 0.25) is 0 Å². The first kappa shape index (κ1) is 29.2. The van der Waals surface area contributed by atoms with Gasteiger partial charge >= 0.3 is 5.97 Å². The molecule has 204 valence electrons. The molecule has 5 heteroatoms. The molecule has 0 aliphatic rings. The number of hydrogen-bond donors (Lipinski definition) is 0. The van der Waals surface area contributed by atoms with Crippen molar-refractivity contribution in [1.29, 1.82) is 0 Å². The van der Waals surface area contributed by atoms with Gasteiger partial charge in [0.15, 0.2) is 0 Å². The van der Waals surface area contributed by atoms with Crippen LogP contribution in [0.2, 0.25) is 0 Å². The van der Waals surface area contributed by atoms with E-state index in [2.05, 4.69) is 45.4 Å². The third-order valence-corrected chi connectivity index (χ3v) is 6.45. The maximum absolute atomic E-state index is 12.1. The van der Waals surface area contributed by atoms with Crippen molar-refractivity contribution in [2.45, 2.75) is 58.0 Å². The zero-order valence-corrected chi connectivity index (χ0v) is 23.4. The third kappa shape index (κ3) is 11.4. The highest BCUT2D eigenvalue weighted by Gasteiger charge is 2.12. The van der Waals surface area contributed by atoms with Crippen LogP contribution in [0.15, 0.2) is 78.9 Å². The van der Waals surface area contributed by atoms with E-state index in [9.17, 15) is 4.79 Å². The fraction of sp³-hybridized carbons (Fsp3) is 0.424. The fourth-order valence-corrected chi connectivity index (χ4v) is 4.12. The summed E-state index contributed by atoms with van der Waals surface area (Å²) in [7, 11) is 6.38. The molecule has 0 saturated heterocycles. The molecule has 3 rings (SSSR count). The Labute approximate surface area is 228 Å². The zero-order chi connectivity index (χ0) is 27.1. The van der Waals surface area contributed by atoms with Crippen LogP contribution in [0.5, 0.6) is 11.5 Å². The molecule has 0 radical (unpaired) electrons. The van der Waals surface area contributed by atoms with E-state index >= 15 is 0 Å². The molecule has 0 atom stereocenters. The molecule has 0 bridgehead atoms. The number of unbranched alkanes of at least 4 members (excludes halogenated alkanes) is 6. The Bertz CT molecular complexity index is 1060. The number of carbonyl (C=O) groups excluding carboxylic acids is 1. The number of benzene rings is 3. The quantitative estimate of drug-likeness (QED) is 0.106. The van der Waals surface area contributed by atoms with Crippen LogP contribution in [0, 0.1) is 0 Å². The summed E-state index contributed by atoms with van der Waals surface area (Å²) in [6.07, 6.45) is 8.18. The Kier molecular flexibility index (Phi) is 12.2. The Hall–Kier alpha value is -3.31. The molecule has 38 heavy (non-hydrogen) atoms. The summed E-state index contributed by atoms with van der Waals surface area (Å²) in [6, 6.07) is 26.2. The summed E-state index contributed by atoms with van der Waals surface area (Å²) in [6.45, 7) is 1.82. The highest BCUT2D eigenvalue weighted by molar-refractivity contribution is 5.72. The van der Waals surface area contributed by atoms with Crippen molar-refractivity contribution in [3.05, 3.63) is 90.0 Å². The number of hydrogen-bond acceptors (Lipinski definition) is 4. The van der Waals surface area contributed by atoms with E-state index < -0.39 is 0 Å². The van der Waals surface area contributed by atoms with Gasteiger partial charge in [-0.15, -0.1) is 0 Å². The van der Waals surface area contributed by atoms with E-state index in [1.54, 1.807) is 0 Å². The molecule has 0 aromatic heterocycles. The minimum absolute atomic E-state index is 0.141. The third-order valence-electron chi connectivity index (χ3n) is 6.45. The van der Waals surface area contributed by atoms with E-state index in [1.807, 2.05) is 54.6 Å². The van der Waals surface area contributed by atoms with Crippen molar-refractivity contribution in [3.63, 3.8) is 0 Å². The van der Waals surface area contributed by atoms with Crippen molar-refractivity contribution < 1.29 is 19.0 Å². The summed E-state index contributed by atoms with van der Waals surface area (Å²) in [4.78, 5) is 12.1. The van der Waals surface area contributed by atoms with Crippen molar-refractivity contribution >= 4 is 11.7 Å². The van der Waals surface area contributed by atoms with E-state index in [1.165, 1.54) is 31.4 Å². The van der Waals surface area contributed by atoms with E-state index in [0.717, 1.165) is 53.0 Å². The summed E-state index contributed by atoms with van der Waals surface area (Å²) in [5, 5.41) is 0. The number of esters is 1. The number of nitrogens with zero attached hydrogens (tertiary/aromatic N) is 1.